The molecule has 0 bridgehead atoms. The minimum absolute atomic E-state index is 0.00448. The summed E-state index contributed by atoms with van der Waals surface area (Å²) in [5.74, 6) is 2.00. The molecule has 3 aliphatic carbocycles. The Balaban J connectivity index is 1.76. The number of hydrogen-bond donors (Lipinski definition) is 3. The highest BCUT2D eigenvalue weighted by molar-refractivity contribution is 5.46. The van der Waals surface area contributed by atoms with Crippen molar-refractivity contribution in [2.45, 2.75) is 64.1 Å². The zero-order chi connectivity index (χ0) is 15.5. The molecule has 0 aromatic heterocycles. The number of aryl methyl sites for hydroxylation is 1. The molecule has 3 N–H and O–H groups in total. The first-order valence-corrected chi connectivity index (χ1v) is 8.68. The summed E-state index contributed by atoms with van der Waals surface area (Å²) in [5.41, 5.74) is 3.54. The van der Waals surface area contributed by atoms with E-state index >= 15 is 0 Å². The monoisotopic (exact) mass is 302 g/mol. The lowest BCUT2D eigenvalue weighted by atomic mass is 9.55. The van der Waals surface area contributed by atoms with Crippen molar-refractivity contribution in [2.24, 2.45) is 17.3 Å². The third kappa shape index (κ3) is 1.88. The van der Waals surface area contributed by atoms with Gasteiger partial charge in [0.05, 0.1) is 12.7 Å². The normalized spacial score (nSPS) is 40.0. The highest BCUT2D eigenvalue weighted by atomic mass is 16.3. The zero-order valence-corrected chi connectivity index (χ0v) is 13.3. The van der Waals surface area contributed by atoms with Crippen LogP contribution in [0.25, 0.3) is 0 Å². The molecule has 1 aromatic carbocycles. The maximum absolute atomic E-state index is 10.4. The van der Waals surface area contributed by atoms with Crippen LogP contribution in [-0.2, 0) is 13.0 Å². The molecule has 4 rings (SSSR count). The fraction of sp³-hybridized carbons (Fsp3) is 0.684. The summed E-state index contributed by atoms with van der Waals surface area (Å²) < 4.78 is 0. The molecule has 5 atom stereocenters. The van der Waals surface area contributed by atoms with Gasteiger partial charge in [-0.05, 0) is 90.5 Å². The second kappa shape index (κ2) is 4.97. The van der Waals surface area contributed by atoms with E-state index in [0.29, 0.717) is 17.8 Å². The lowest BCUT2D eigenvalue weighted by molar-refractivity contribution is -0.0228. The number of aliphatic hydroxyl groups excluding tert-OH is 2. The summed E-state index contributed by atoms with van der Waals surface area (Å²) in [6.07, 6.45) is 6.25. The molecule has 3 nitrogen and oxygen atoms in total. The van der Waals surface area contributed by atoms with Gasteiger partial charge in [0, 0.05) is 0 Å². The number of aliphatic hydroxyl groups is 2. The average molecular weight is 302 g/mol. The molecule has 1 aromatic rings. The van der Waals surface area contributed by atoms with Crippen molar-refractivity contribution in [3.63, 3.8) is 0 Å². The van der Waals surface area contributed by atoms with Crippen LogP contribution >= 0.6 is 0 Å². The summed E-state index contributed by atoms with van der Waals surface area (Å²) >= 11 is 0. The van der Waals surface area contributed by atoms with Crippen LogP contribution in [0.2, 0.25) is 0 Å². The van der Waals surface area contributed by atoms with Gasteiger partial charge in [-0.2, -0.15) is 0 Å². The maximum atomic E-state index is 10.4. The Morgan fingerprint density at radius 2 is 2.00 bits per heavy atom. The van der Waals surface area contributed by atoms with Gasteiger partial charge in [0.2, 0.25) is 0 Å². The van der Waals surface area contributed by atoms with Gasteiger partial charge in [-0.15, -0.1) is 0 Å². The van der Waals surface area contributed by atoms with Gasteiger partial charge in [0.25, 0.3) is 0 Å². The van der Waals surface area contributed by atoms with Crippen LogP contribution in [0.4, 0.5) is 0 Å². The topological polar surface area (TPSA) is 60.7 Å². The molecule has 0 spiro atoms. The van der Waals surface area contributed by atoms with Gasteiger partial charge in [-0.1, -0.05) is 6.92 Å². The zero-order valence-electron chi connectivity index (χ0n) is 13.3. The molecule has 22 heavy (non-hydrogen) atoms. The molecule has 0 heterocycles. The van der Waals surface area contributed by atoms with Gasteiger partial charge in [0.15, 0.2) is 0 Å². The summed E-state index contributed by atoms with van der Waals surface area (Å²) in [6.45, 7) is 2.29. The van der Waals surface area contributed by atoms with E-state index < -0.39 is 0 Å². The third-order valence-corrected chi connectivity index (χ3v) is 7.01. The maximum Gasteiger partial charge on any atom is 0.116 e. The summed E-state index contributed by atoms with van der Waals surface area (Å²) in [7, 11) is 0. The molecule has 0 aliphatic heterocycles. The number of phenols is 1. The van der Waals surface area contributed by atoms with Gasteiger partial charge in [-0.25, -0.2) is 0 Å². The molecule has 0 radical (unpaired) electrons. The number of benzene rings is 1. The first kappa shape index (κ1) is 14.5. The Labute approximate surface area is 132 Å². The first-order chi connectivity index (χ1) is 10.5. The lowest BCUT2D eigenvalue weighted by Crippen LogP contribution is -2.44. The fourth-order valence-corrected chi connectivity index (χ4v) is 5.92. The van der Waals surface area contributed by atoms with Gasteiger partial charge < -0.3 is 15.3 Å². The van der Waals surface area contributed by atoms with Crippen molar-refractivity contribution < 1.29 is 15.3 Å². The average Bonchev–Trinajstić information content (AvgIpc) is 2.81. The molecule has 0 saturated heterocycles. The smallest absolute Gasteiger partial charge is 0.116 e. The van der Waals surface area contributed by atoms with Gasteiger partial charge in [-0.3, -0.25) is 0 Å². The minimum atomic E-state index is -0.142. The molecular weight excluding hydrogens is 276 g/mol. The summed E-state index contributed by atoms with van der Waals surface area (Å²) in [5, 5.41) is 30.0. The van der Waals surface area contributed by atoms with Crippen molar-refractivity contribution in [3.8, 4) is 5.75 Å². The van der Waals surface area contributed by atoms with E-state index in [0.717, 1.165) is 44.1 Å². The van der Waals surface area contributed by atoms with Gasteiger partial charge >= 0.3 is 0 Å². The Hall–Kier alpha value is -1.06. The highest BCUT2D eigenvalue weighted by Crippen LogP contribution is 2.61. The predicted molar refractivity (Wildman–Crippen MR) is 84.7 cm³/mol. The number of hydrogen-bond acceptors (Lipinski definition) is 3. The molecule has 3 heteroatoms. The van der Waals surface area contributed by atoms with E-state index in [1.54, 1.807) is 6.07 Å². The number of phenolic OH excluding ortho intramolecular Hbond substituents is 1. The second-order valence-electron chi connectivity index (χ2n) is 7.89. The molecule has 2 saturated carbocycles. The SMILES string of the molecule is C[C@]12CC[C@@H]3c4c(CO)cc(O)cc4CC[C@H]3[C@@H]1CC[C@H]2O. The van der Waals surface area contributed by atoms with Crippen molar-refractivity contribution in [2.75, 3.05) is 0 Å². The fourth-order valence-electron chi connectivity index (χ4n) is 5.92. The van der Waals surface area contributed by atoms with Crippen molar-refractivity contribution in [1.82, 2.24) is 0 Å². The summed E-state index contributed by atoms with van der Waals surface area (Å²) in [4.78, 5) is 0. The van der Waals surface area contributed by atoms with E-state index in [-0.39, 0.29) is 23.9 Å². The van der Waals surface area contributed by atoms with Crippen LogP contribution in [0.1, 0.15) is 61.6 Å². The van der Waals surface area contributed by atoms with Crippen molar-refractivity contribution in [3.05, 3.63) is 28.8 Å². The van der Waals surface area contributed by atoms with E-state index in [1.165, 1.54) is 11.1 Å². The third-order valence-electron chi connectivity index (χ3n) is 7.01. The Kier molecular flexibility index (Phi) is 3.28. The lowest BCUT2D eigenvalue weighted by Gasteiger charge is -2.50. The predicted octanol–water partition coefficient (Wildman–Crippen LogP) is 3.10. The molecule has 120 valence electrons. The standard InChI is InChI=1S/C19H26O3/c1-19-7-6-15-14(16(19)4-5-17(19)22)3-2-11-8-13(21)9-12(10-20)18(11)15/h8-9,14-17,20-22H,2-7,10H2,1H3/t14-,15+,16+,17-,19+/m1/s1. The Bertz CT molecular complexity index is 579. The van der Waals surface area contributed by atoms with Crippen LogP contribution in [0.3, 0.4) is 0 Å². The van der Waals surface area contributed by atoms with Crippen molar-refractivity contribution in [1.29, 1.82) is 0 Å². The van der Waals surface area contributed by atoms with Crippen LogP contribution in [0.5, 0.6) is 5.75 Å². The van der Waals surface area contributed by atoms with Crippen LogP contribution in [-0.4, -0.2) is 21.4 Å². The number of rotatable bonds is 1. The van der Waals surface area contributed by atoms with E-state index in [2.05, 4.69) is 6.92 Å². The Morgan fingerprint density at radius 3 is 2.77 bits per heavy atom. The number of aromatic hydroxyl groups is 1. The van der Waals surface area contributed by atoms with E-state index in [4.69, 9.17) is 0 Å². The largest absolute Gasteiger partial charge is 0.508 e. The van der Waals surface area contributed by atoms with Crippen molar-refractivity contribution >= 4 is 0 Å². The first-order valence-electron chi connectivity index (χ1n) is 8.68. The number of fused-ring (bicyclic) bond motifs is 5. The molecular formula is C19H26O3. The van der Waals surface area contributed by atoms with Crippen LogP contribution in [0.15, 0.2) is 12.1 Å². The quantitative estimate of drug-likeness (QED) is 0.747. The minimum Gasteiger partial charge on any atom is -0.508 e. The molecule has 0 amide bonds. The molecule has 2 fully saturated rings. The Morgan fingerprint density at radius 1 is 1.18 bits per heavy atom. The second-order valence-corrected chi connectivity index (χ2v) is 7.89. The summed E-state index contributed by atoms with van der Waals surface area (Å²) in [6, 6.07) is 3.63. The molecule has 0 unspecified atom stereocenters. The molecule has 3 aliphatic rings. The van der Waals surface area contributed by atoms with Crippen LogP contribution in [0, 0.1) is 17.3 Å². The van der Waals surface area contributed by atoms with E-state index in [9.17, 15) is 15.3 Å². The van der Waals surface area contributed by atoms with E-state index in [1.807, 2.05) is 6.07 Å². The van der Waals surface area contributed by atoms with Gasteiger partial charge in [0.1, 0.15) is 5.75 Å². The highest BCUT2D eigenvalue weighted by Gasteiger charge is 2.54. The van der Waals surface area contributed by atoms with Crippen LogP contribution < -0.4 is 0 Å².